The summed E-state index contributed by atoms with van der Waals surface area (Å²) in [5, 5.41) is 10.5. The molecule has 3 aromatic carbocycles. The summed E-state index contributed by atoms with van der Waals surface area (Å²) in [6.45, 7) is 2.11. The first-order valence-corrected chi connectivity index (χ1v) is 12.7. The molecule has 2 atom stereocenters. The monoisotopic (exact) mass is 434 g/mol. The van der Waals surface area contributed by atoms with Gasteiger partial charge in [-0.1, -0.05) is 77.9 Å². The Morgan fingerprint density at radius 2 is 1.39 bits per heavy atom. The lowest BCUT2D eigenvalue weighted by Gasteiger charge is -2.51. The smallest absolute Gasteiger partial charge is 0.118 e. The predicted molar refractivity (Wildman–Crippen MR) is 136 cm³/mol. The highest BCUT2D eigenvalue weighted by atomic mass is 16.3. The maximum absolute atomic E-state index is 10.5. The molecule has 3 aliphatic rings. The van der Waals surface area contributed by atoms with Gasteiger partial charge in [0.15, 0.2) is 0 Å². The van der Waals surface area contributed by atoms with Crippen molar-refractivity contribution in [1.29, 1.82) is 0 Å². The Kier molecular flexibility index (Phi) is 4.98. The largest absolute Gasteiger partial charge is 0.508 e. The molecule has 3 aromatic rings. The van der Waals surface area contributed by atoms with Gasteiger partial charge in [-0.2, -0.15) is 0 Å². The van der Waals surface area contributed by atoms with E-state index in [9.17, 15) is 5.11 Å². The first-order chi connectivity index (χ1) is 16.1. The van der Waals surface area contributed by atoms with Crippen molar-refractivity contribution in [1.82, 2.24) is 0 Å². The van der Waals surface area contributed by atoms with E-state index in [4.69, 9.17) is 0 Å². The highest BCUT2D eigenvalue weighted by Gasteiger charge is 2.52. The van der Waals surface area contributed by atoms with Crippen molar-refractivity contribution in [2.45, 2.75) is 70.1 Å². The standard InChI is InChI=1S/C32H34O/c1-23-26-14-15-29-28-13-8-18-31(28,21-24-9-4-2-5-10-24)19-20-32(29,27(26)16-17-30(23)33)22-25-11-6-3-7-12-25/h2-7,9-12,16-17,33H,8,13-15,18-22H2,1H3. The van der Waals surface area contributed by atoms with Crippen molar-refractivity contribution in [3.63, 3.8) is 0 Å². The van der Waals surface area contributed by atoms with Gasteiger partial charge in [-0.25, -0.2) is 0 Å². The molecule has 0 aliphatic heterocycles. The minimum atomic E-state index is 0.0766. The second kappa shape index (κ2) is 7.90. The number of rotatable bonds is 4. The Morgan fingerprint density at radius 1 is 0.697 bits per heavy atom. The van der Waals surface area contributed by atoms with E-state index < -0.39 is 0 Å². The van der Waals surface area contributed by atoms with Crippen LogP contribution in [0.15, 0.2) is 83.9 Å². The number of hydrogen-bond acceptors (Lipinski definition) is 1. The maximum atomic E-state index is 10.5. The van der Waals surface area contributed by atoms with Crippen LogP contribution >= 0.6 is 0 Å². The molecule has 1 fully saturated rings. The molecule has 1 saturated carbocycles. The second-order valence-electron chi connectivity index (χ2n) is 10.7. The van der Waals surface area contributed by atoms with E-state index in [1.165, 1.54) is 60.8 Å². The van der Waals surface area contributed by atoms with Crippen molar-refractivity contribution >= 4 is 0 Å². The third-order valence-electron chi connectivity index (χ3n) is 9.14. The summed E-state index contributed by atoms with van der Waals surface area (Å²) in [5.74, 6) is 0.454. The summed E-state index contributed by atoms with van der Waals surface area (Å²) in [4.78, 5) is 0. The molecule has 0 spiro atoms. The Hall–Kier alpha value is -2.80. The zero-order valence-electron chi connectivity index (χ0n) is 19.7. The van der Waals surface area contributed by atoms with Gasteiger partial charge in [0.2, 0.25) is 0 Å². The van der Waals surface area contributed by atoms with Crippen molar-refractivity contribution in [2.24, 2.45) is 5.41 Å². The average Bonchev–Trinajstić information content (AvgIpc) is 3.26. The van der Waals surface area contributed by atoms with E-state index in [1.807, 2.05) is 6.07 Å². The summed E-state index contributed by atoms with van der Waals surface area (Å²) < 4.78 is 0. The van der Waals surface area contributed by atoms with Crippen LogP contribution in [0.1, 0.15) is 66.3 Å². The SMILES string of the molecule is Cc1c(O)ccc2c1CCC1=C3CCCC3(Cc3ccccc3)CCC12Cc1ccccc1. The van der Waals surface area contributed by atoms with Crippen LogP contribution in [0.2, 0.25) is 0 Å². The Labute approximate surface area is 198 Å². The van der Waals surface area contributed by atoms with Gasteiger partial charge in [-0.05, 0) is 104 Å². The maximum Gasteiger partial charge on any atom is 0.118 e. The van der Waals surface area contributed by atoms with Gasteiger partial charge in [-0.3, -0.25) is 0 Å². The normalized spacial score (nSPS) is 26.0. The summed E-state index contributed by atoms with van der Waals surface area (Å²) in [6, 6.07) is 26.5. The van der Waals surface area contributed by atoms with E-state index in [1.54, 1.807) is 11.1 Å². The van der Waals surface area contributed by atoms with Gasteiger partial charge in [0.05, 0.1) is 0 Å². The Balaban J connectivity index is 1.53. The van der Waals surface area contributed by atoms with E-state index in [2.05, 4.69) is 73.7 Å². The summed E-state index contributed by atoms with van der Waals surface area (Å²) >= 11 is 0. The van der Waals surface area contributed by atoms with Crippen molar-refractivity contribution < 1.29 is 5.11 Å². The number of phenolic OH excluding ortho intramolecular Hbond substituents is 1. The van der Waals surface area contributed by atoms with Crippen LogP contribution in [0, 0.1) is 12.3 Å². The number of benzene rings is 3. The molecular weight excluding hydrogens is 400 g/mol. The fraction of sp³-hybridized carbons (Fsp3) is 0.375. The van der Waals surface area contributed by atoms with Gasteiger partial charge in [0.25, 0.3) is 0 Å². The molecule has 3 aliphatic carbocycles. The van der Waals surface area contributed by atoms with Gasteiger partial charge < -0.3 is 5.11 Å². The van der Waals surface area contributed by atoms with E-state index in [0.717, 1.165) is 24.8 Å². The lowest BCUT2D eigenvalue weighted by atomic mass is 9.52. The van der Waals surface area contributed by atoms with Crippen LogP contribution in [0.3, 0.4) is 0 Å². The van der Waals surface area contributed by atoms with Crippen LogP contribution in [0.4, 0.5) is 0 Å². The minimum Gasteiger partial charge on any atom is -0.508 e. The molecule has 1 nitrogen and oxygen atoms in total. The topological polar surface area (TPSA) is 20.2 Å². The van der Waals surface area contributed by atoms with Gasteiger partial charge in [-0.15, -0.1) is 0 Å². The molecular formula is C32H34O. The van der Waals surface area contributed by atoms with E-state index in [-0.39, 0.29) is 5.41 Å². The van der Waals surface area contributed by atoms with E-state index >= 15 is 0 Å². The molecule has 2 unspecified atom stereocenters. The van der Waals surface area contributed by atoms with Crippen LogP contribution < -0.4 is 0 Å². The number of phenols is 1. The lowest BCUT2D eigenvalue weighted by Crippen LogP contribution is -2.43. The first-order valence-electron chi connectivity index (χ1n) is 12.7. The van der Waals surface area contributed by atoms with Gasteiger partial charge in [0, 0.05) is 5.41 Å². The fourth-order valence-electron chi connectivity index (χ4n) is 7.62. The number of aromatic hydroxyl groups is 1. The van der Waals surface area contributed by atoms with Crippen LogP contribution in [-0.4, -0.2) is 5.11 Å². The lowest BCUT2D eigenvalue weighted by molar-refractivity contribution is 0.241. The average molecular weight is 435 g/mol. The summed E-state index contributed by atoms with van der Waals surface area (Å²) in [5.41, 5.74) is 10.9. The molecule has 168 valence electrons. The first kappa shape index (κ1) is 20.8. The fourth-order valence-corrected chi connectivity index (χ4v) is 7.62. The highest BCUT2D eigenvalue weighted by molar-refractivity contribution is 5.57. The zero-order valence-corrected chi connectivity index (χ0v) is 19.7. The molecule has 33 heavy (non-hydrogen) atoms. The number of allylic oxidation sites excluding steroid dienone is 2. The number of hydrogen-bond donors (Lipinski definition) is 1. The van der Waals surface area contributed by atoms with Crippen molar-refractivity contribution in [3.05, 3.63) is 112 Å². The van der Waals surface area contributed by atoms with Crippen molar-refractivity contribution in [3.8, 4) is 5.75 Å². The second-order valence-corrected chi connectivity index (χ2v) is 10.7. The van der Waals surface area contributed by atoms with Crippen molar-refractivity contribution in [2.75, 3.05) is 0 Å². The molecule has 0 saturated heterocycles. The van der Waals surface area contributed by atoms with Gasteiger partial charge >= 0.3 is 0 Å². The Morgan fingerprint density at radius 3 is 2.12 bits per heavy atom. The van der Waals surface area contributed by atoms with E-state index in [0.29, 0.717) is 11.2 Å². The Bertz CT molecular complexity index is 1210. The molecule has 0 bridgehead atoms. The number of fused-ring (bicyclic) bond motifs is 4. The zero-order chi connectivity index (χ0) is 22.5. The summed E-state index contributed by atoms with van der Waals surface area (Å²) in [6.07, 6.45) is 10.9. The molecule has 0 heterocycles. The molecule has 0 amide bonds. The van der Waals surface area contributed by atoms with Crippen LogP contribution in [-0.2, 0) is 24.7 Å². The molecule has 1 N–H and O–H groups in total. The molecule has 1 heteroatoms. The molecule has 0 aromatic heterocycles. The van der Waals surface area contributed by atoms with Crippen LogP contribution in [0.25, 0.3) is 0 Å². The summed E-state index contributed by atoms with van der Waals surface area (Å²) in [7, 11) is 0. The third-order valence-corrected chi connectivity index (χ3v) is 9.14. The van der Waals surface area contributed by atoms with Crippen LogP contribution in [0.5, 0.6) is 5.75 Å². The third kappa shape index (κ3) is 3.28. The molecule has 0 radical (unpaired) electrons. The minimum absolute atomic E-state index is 0.0766. The molecule has 6 rings (SSSR count). The quantitative estimate of drug-likeness (QED) is 0.419. The van der Waals surface area contributed by atoms with Gasteiger partial charge in [0.1, 0.15) is 5.75 Å². The highest BCUT2D eigenvalue weighted by Crippen LogP contribution is 2.62. The predicted octanol–water partition coefficient (Wildman–Crippen LogP) is 7.63.